The van der Waals surface area contributed by atoms with Crippen molar-refractivity contribution in [2.45, 2.75) is 59.8 Å². The molecule has 0 fully saturated rings. The Balaban J connectivity index is 2.24. The lowest BCUT2D eigenvalue weighted by molar-refractivity contribution is -0.661. The van der Waals surface area contributed by atoms with Crippen molar-refractivity contribution in [2.24, 2.45) is 12.5 Å². The van der Waals surface area contributed by atoms with Crippen molar-refractivity contribution >= 4 is 0 Å². The second-order valence-electron chi connectivity index (χ2n) is 8.53. The summed E-state index contributed by atoms with van der Waals surface area (Å²) in [6, 6.07) is 9.20. The number of nitrogens with zero attached hydrogens (tertiary/aromatic N) is 1. The van der Waals surface area contributed by atoms with Gasteiger partial charge in [-0.2, -0.15) is 0 Å². The topological polar surface area (TPSA) is 3.88 Å². The van der Waals surface area contributed by atoms with Crippen molar-refractivity contribution in [3.8, 4) is 11.3 Å². The van der Waals surface area contributed by atoms with Crippen molar-refractivity contribution in [1.29, 1.82) is 0 Å². The number of fused-ring (bicyclic) bond motifs is 1. The summed E-state index contributed by atoms with van der Waals surface area (Å²) in [7, 11) is 2.18. The third-order valence-electron chi connectivity index (χ3n) is 6.80. The van der Waals surface area contributed by atoms with Crippen LogP contribution in [0.4, 0.5) is 0 Å². The number of rotatable bonds is 1. The highest BCUT2D eigenvalue weighted by molar-refractivity contribution is 5.63. The predicted octanol–water partition coefficient (Wildman–Crippen LogP) is 5.22. The first-order valence-corrected chi connectivity index (χ1v) is 8.69. The maximum Gasteiger partial charge on any atom is 0.212 e. The Hall–Kier alpha value is -1.63. The van der Waals surface area contributed by atoms with Crippen LogP contribution >= 0.6 is 0 Å². The lowest BCUT2D eigenvalue weighted by Crippen LogP contribution is -2.36. The van der Waals surface area contributed by atoms with Gasteiger partial charge in [-0.3, -0.25) is 0 Å². The Bertz CT molecular complexity index is 781. The molecule has 1 aromatic heterocycles. The summed E-state index contributed by atoms with van der Waals surface area (Å²) in [6.07, 6.45) is 2.37. The highest BCUT2D eigenvalue weighted by Gasteiger charge is 2.51. The molecule has 23 heavy (non-hydrogen) atoms. The van der Waals surface area contributed by atoms with E-state index in [1.807, 2.05) is 0 Å². The predicted molar refractivity (Wildman–Crippen MR) is 97.8 cm³/mol. The van der Waals surface area contributed by atoms with Gasteiger partial charge in [0.25, 0.3) is 0 Å². The van der Waals surface area contributed by atoms with Crippen LogP contribution in [-0.2, 0) is 12.5 Å². The van der Waals surface area contributed by atoms with E-state index in [1.54, 1.807) is 0 Å². The van der Waals surface area contributed by atoms with E-state index in [9.17, 15) is 0 Å². The molecule has 1 heteroatoms. The summed E-state index contributed by atoms with van der Waals surface area (Å²) in [5.74, 6) is 0.568. The summed E-state index contributed by atoms with van der Waals surface area (Å²) in [5.41, 5.74) is 8.83. The number of pyridine rings is 1. The molecule has 1 unspecified atom stereocenters. The van der Waals surface area contributed by atoms with Crippen LogP contribution < -0.4 is 4.57 Å². The number of aromatic nitrogens is 1. The fourth-order valence-electron chi connectivity index (χ4n) is 4.19. The summed E-state index contributed by atoms with van der Waals surface area (Å²) in [4.78, 5) is 0. The van der Waals surface area contributed by atoms with Gasteiger partial charge in [-0.15, -0.1) is 0 Å². The summed E-state index contributed by atoms with van der Waals surface area (Å²) in [5, 5.41) is 0. The van der Waals surface area contributed by atoms with E-state index in [2.05, 4.69) is 90.5 Å². The van der Waals surface area contributed by atoms with Crippen molar-refractivity contribution < 1.29 is 4.57 Å². The molecule has 1 atom stereocenters. The van der Waals surface area contributed by atoms with E-state index in [0.29, 0.717) is 5.92 Å². The molecule has 0 aliphatic heterocycles. The summed E-state index contributed by atoms with van der Waals surface area (Å²) >= 11 is 0. The van der Waals surface area contributed by atoms with Crippen molar-refractivity contribution in [3.05, 3.63) is 52.7 Å². The van der Waals surface area contributed by atoms with Crippen molar-refractivity contribution in [2.75, 3.05) is 0 Å². The van der Waals surface area contributed by atoms with Crippen LogP contribution in [-0.4, -0.2) is 0 Å². The standard InChI is InChI=1S/C22H30N/c1-14-9-10-17(15(2)11-14)20-12-18-16(3)21(4,5)22(6,7)19(18)13-23(20)8/h9-13,16H,1-8H3/q+1. The Morgan fingerprint density at radius 3 is 2.26 bits per heavy atom. The zero-order valence-electron chi connectivity index (χ0n) is 15.9. The molecular weight excluding hydrogens is 278 g/mol. The van der Waals surface area contributed by atoms with E-state index in [-0.39, 0.29) is 10.8 Å². The zero-order valence-corrected chi connectivity index (χ0v) is 15.9. The fourth-order valence-corrected chi connectivity index (χ4v) is 4.19. The fraction of sp³-hybridized carbons (Fsp3) is 0.500. The lowest BCUT2D eigenvalue weighted by Gasteiger charge is -2.38. The molecule has 0 saturated heterocycles. The lowest BCUT2D eigenvalue weighted by atomic mass is 9.65. The molecule has 1 aliphatic carbocycles. The van der Waals surface area contributed by atoms with Crippen molar-refractivity contribution in [3.63, 3.8) is 0 Å². The minimum Gasteiger partial charge on any atom is -0.201 e. The monoisotopic (exact) mass is 308 g/mol. The maximum absolute atomic E-state index is 2.44. The molecule has 0 amide bonds. The molecule has 0 N–H and O–H groups in total. The maximum atomic E-state index is 2.44. The SMILES string of the molecule is Cc1ccc(-c2cc3c(c[n+]2C)C(C)(C)C(C)(C)C3C)c(C)c1. The Morgan fingerprint density at radius 2 is 1.65 bits per heavy atom. The van der Waals surface area contributed by atoms with Gasteiger partial charge in [-0.05, 0) is 42.4 Å². The van der Waals surface area contributed by atoms with Gasteiger partial charge in [0.2, 0.25) is 5.69 Å². The largest absolute Gasteiger partial charge is 0.212 e. The van der Waals surface area contributed by atoms with Gasteiger partial charge in [0.15, 0.2) is 6.20 Å². The first kappa shape index (κ1) is 16.2. The van der Waals surface area contributed by atoms with Gasteiger partial charge in [0.1, 0.15) is 7.05 Å². The van der Waals surface area contributed by atoms with Gasteiger partial charge in [0, 0.05) is 22.6 Å². The van der Waals surface area contributed by atoms with Crippen LogP contribution in [0.15, 0.2) is 30.5 Å². The molecule has 2 aromatic rings. The number of benzene rings is 1. The molecule has 0 radical (unpaired) electrons. The summed E-state index contributed by atoms with van der Waals surface area (Å²) in [6.45, 7) is 16.4. The molecular formula is C22H30N+. The highest BCUT2D eigenvalue weighted by Crippen LogP contribution is 2.58. The van der Waals surface area contributed by atoms with Crippen LogP contribution in [0.25, 0.3) is 11.3 Å². The first-order chi connectivity index (χ1) is 10.6. The van der Waals surface area contributed by atoms with E-state index < -0.39 is 0 Å². The van der Waals surface area contributed by atoms with E-state index in [4.69, 9.17) is 0 Å². The molecule has 0 spiro atoms. The second kappa shape index (κ2) is 4.93. The van der Waals surface area contributed by atoms with Gasteiger partial charge in [0.05, 0.1) is 0 Å². The van der Waals surface area contributed by atoms with E-state index in [0.717, 1.165) is 0 Å². The van der Waals surface area contributed by atoms with Gasteiger partial charge >= 0.3 is 0 Å². The van der Waals surface area contributed by atoms with Gasteiger partial charge in [-0.25, -0.2) is 4.57 Å². The van der Waals surface area contributed by atoms with Crippen LogP contribution in [0.2, 0.25) is 0 Å². The molecule has 1 aromatic carbocycles. The molecule has 1 nitrogen and oxygen atoms in total. The molecule has 3 rings (SSSR count). The number of hydrogen-bond acceptors (Lipinski definition) is 0. The Morgan fingerprint density at radius 1 is 1.00 bits per heavy atom. The van der Waals surface area contributed by atoms with E-state index >= 15 is 0 Å². The molecule has 0 bridgehead atoms. The Kier molecular flexibility index (Phi) is 3.48. The number of aryl methyl sites for hydroxylation is 3. The minimum absolute atomic E-state index is 0.195. The molecule has 1 heterocycles. The summed E-state index contributed by atoms with van der Waals surface area (Å²) < 4.78 is 2.31. The third-order valence-corrected chi connectivity index (χ3v) is 6.80. The van der Waals surface area contributed by atoms with E-state index in [1.165, 1.54) is 33.5 Å². The van der Waals surface area contributed by atoms with Gasteiger partial charge in [-0.1, -0.05) is 52.3 Å². The molecule has 1 aliphatic rings. The molecule has 0 saturated carbocycles. The smallest absolute Gasteiger partial charge is 0.201 e. The Labute approximate surface area is 141 Å². The first-order valence-electron chi connectivity index (χ1n) is 8.69. The number of hydrogen-bond donors (Lipinski definition) is 0. The highest BCUT2D eigenvalue weighted by atomic mass is 14.9. The average molecular weight is 308 g/mol. The second-order valence-corrected chi connectivity index (χ2v) is 8.53. The quantitative estimate of drug-likeness (QED) is 0.636. The zero-order chi connectivity index (χ0) is 17.2. The molecule has 122 valence electrons. The third kappa shape index (κ3) is 2.16. The minimum atomic E-state index is 0.195. The van der Waals surface area contributed by atoms with Crippen LogP contribution in [0.1, 0.15) is 62.8 Å². The van der Waals surface area contributed by atoms with Crippen LogP contribution in [0, 0.1) is 19.3 Å². The van der Waals surface area contributed by atoms with Crippen LogP contribution in [0.3, 0.4) is 0 Å². The van der Waals surface area contributed by atoms with Gasteiger partial charge < -0.3 is 0 Å². The van der Waals surface area contributed by atoms with Crippen molar-refractivity contribution in [1.82, 2.24) is 0 Å². The normalized spacial score (nSPS) is 21.3. The van der Waals surface area contributed by atoms with Crippen LogP contribution in [0.5, 0.6) is 0 Å². The average Bonchev–Trinajstić information content (AvgIpc) is 2.58.